The van der Waals surface area contributed by atoms with Gasteiger partial charge in [0.05, 0.1) is 17.9 Å². The lowest BCUT2D eigenvalue weighted by Crippen LogP contribution is -2.54. The summed E-state index contributed by atoms with van der Waals surface area (Å²) in [6.07, 6.45) is 1.47. The molecule has 0 radical (unpaired) electrons. The van der Waals surface area contributed by atoms with E-state index in [0.29, 0.717) is 11.3 Å². The number of ether oxygens (including phenoxy) is 2. The van der Waals surface area contributed by atoms with Crippen molar-refractivity contribution in [3.63, 3.8) is 0 Å². The molecule has 0 spiro atoms. The molecule has 0 aromatic heterocycles. The zero-order chi connectivity index (χ0) is 30.8. The van der Waals surface area contributed by atoms with Gasteiger partial charge >= 0.3 is 12.0 Å². The molecular formula is C36H28N2O6. The van der Waals surface area contributed by atoms with Crippen LogP contribution in [0.4, 0.5) is 10.5 Å². The number of hydrogen-bond donors (Lipinski definition) is 1. The van der Waals surface area contributed by atoms with Gasteiger partial charge in [0.2, 0.25) is 0 Å². The smallest absolute Gasteiger partial charge is 0.338 e. The summed E-state index contributed by atoms with van der Waals surface area (Å²) in [5, 5.41) is 6.11. The summed E-state index contributed by atoms with van der Waals surface area (Å²) in [4.78, 5) is 52.6. The van der Waals surface area contributed by atoms with E-state index >= 15 is 0 Å². The standard InChI is InChI=1S/C36H28N2O6/c1-3-43-35(41)25-14-17-26(18-15-25)38-34(40)30(33(39)37-36(38)42)20-29-27-10-6-4-9-24(27)16-19-32(29)44-21-31-22(2)12-13-23-8-5-7-11-28(23)31/h4-20H,3,21H2,1-2H3,(H,37,39,42)/b30-20+. The molecular weight excluding hydrogens is 556 g/mol. The quantitative estimate of drug-likeness (QED) is 0.129. The molecule has 1 fully saturated rings. The van der Waals surface area contributed by atoms with Crippen LogP contribution in [0.25, 0.3) is 27.6 Å². The number of esters is 1. The molecule has 44 heavy (non-hydrogen) atoms. The van der Waals surface area contributed by atoms with Gasteiger partial charge in [-0.3, -0.25) is 14.9 Å². The maximum Gasteiger partial charge on any atom is 0.338 e. The van der Waals surface area contributed by atoms with Gasteiger partial charge < -0.3 is 9.47 Å². The highest BCUT2D eigenvalue weighted by Crippen LogP contribution is 2.33. The van der Waals surface area contributed by atoms with Gasteiger partial charge in [-0.25, -0.2) is 14.5 Å². The fraction of sp³-hybridized carbons (Fsp3) is 0.111. The van der Waals surface area contributed by atoms with Crippen LogP contribution in [0.2, 0.25) is 0 Å². The average Bonchev–Trinajstić information content (AvgIpc) is 3.03. The molecule has 1 aliphatic rings. The third kappa shape index (κ3) is 5.29. The normalized spacial score (nSPS) is 14.3. The van der Waals surface area contributed by atoms with Crippen LogP contribution >= 0.6 is 0 Å². The van der Waals surface area contributed by atoms with Crippen LogP contribution in [0.5, 0.6) is 5.75 Å². The lowest BCUT2D eigenvalue weighted by atomic mass is 9.99. The molecule has 1 N–H and O–H groups in total. The van der Waals surface area contributed by atoms with Crippen molar-refractivity contribution in [2.24, 2.45) is 0 Å². The van der Waals surface area contributed by atoms with Gasteiger partial charge in [-0.2, -0.15) is 0 Å². The van der Waals surface area contributed by atoms with E-state index in [-0.39, 0.29) is 30.0 Å². The third-order valence-corrected chi connectivity index (χ3v) is 7.60. The number of barbiturate groups is 1. The van der Waals surface area contributed by atoms with Crippen LogP contribution in [-0.2, 0) is 20.9 Å². The van der Waals surface area contributed by atoms with Crippen molar-refractivity contribution in [3.8, 4) is 5.75 Å². The van der Waals surface area contributed by atoms with Gasteiger partial charge in [-0.15, -0.1) is 0 Å². The van der Waals surface area contributed by atoms with Crippen molar-refractivity contribution in [2.45, 2.75) is 20.5 Å². The summed E-state index contributed by atoms with van der Waals surface area (Å²) in [6, 6.07) is 28.5. The van der Waals surface area contributed by atoms with E-state index in [1.54, 1.807) is 6.92 Å². The first-order valence-electron chi connectivity index (χ1n) is 14.2. The maximum absolute atomic E-state index is 13.7. The molecule has 218 valence electrons. The first-order chi connectivity index (χ1) is 21.4. The molecule has 5 aromatic carbocycles. The lowest BCUT2D eigenvalue weighted by Gasteiger charge is -2.26. The number of carbonyl (C=O) groups is 4. The number of anilines is 1. The maximum atomic E-state index is 13.7. The summed E-state index contributed by atoms with van der Waals surface area (Å²) in [6.45, 7) is 4.21. The number of urea groups is 1. The lowest BCUT2D eigenvalue weighted by molar-refractivity contribution is -0.122. The molecule has 0 aliphatic carbocycles. The van der Waals surface area contributed by atoms with Crippen LogP contribution in [0, 0.1) is 6.92 Å². The number of nitrogens with zero attached hydrogens (tertiary/aromatic N) is 1. The van der Waals surface area contributed by atoms with Crippen LogP contribution in [0.1, 0.15) is 34.0 Å². The Labute approximate surface area is 253 Å². The monoisotopic (exact) mass is 584 g/mol. The van der Waals surface area contributed by atoms with Crippen LogP contribution < -0.4 is 15.0 Å². The second-order valence-electron chi connectivity index (χ2n) is 10.3. The van der Waals surface area contributed by atoms with E-state index < -0.39 is 23.8 Å². The van der Waals surface area contributed by atoms with E-state index in [0.717, 1.165) is 37.6 Å². The Morgan fingerprint density at radius 3 is 2.20 bits per heavy atom. The number of aryl methyl sites for hydroxylation is 1. The molecule has 8 heteroatoms. The molecule has 0 saturated carbocycles. The van der Waals surface area contributed by atoms with E-state index in [2.05, 4.69) is 29.6 Å². The van der Waals surface area contributed by atoms with Gasteiger partial charge in [-0.05, 0) is 77.4 Å². The van der Waals surface area contributed by atoms with Crippen molar-refractivity contribution in [2.75, 3.05) is 11.5 Å². The minimum absolute atomic E-state index is 0.194. The number of carbonyl (C=O) groups excluding carboxylic acids is 4. The summed E-state index contributed by atoms with van der Waals surface area (Å²) in [5.74, 6) is -1.66. The zero-order valence-corrected chi connectivity index (χ0v) is 24.1. The van der Waals surface area contributed by atoms with Crippen LogP contribution in [0.3, 0.4) is 0 Å². The first-order valence-corrected chi connectivity index (χ1v) is 14.2. The van der Waals surface area contributed by atoms with Crippen molar-refractivity contribution < 1.29 is 28.7 Å². The van der Waals surface area contributed by atoms with Gasteiger partial charge in [0.15, 0.2) is 0 Å². The molecule has 6 rings (SSSR count). The predicted molar refractivity (Wildman–Crippen MR) is 168 cm³/mol. The van der Waals surface area contributed by atoms with Gasteiger partial charge in [0, 0.05) is 11.1 Å². The van der Waals surface area contributed by atoms with Crippen molar-refractivity contribution in [3.05, 3.63) is 125 Å². The Bertz CT molecular complexity index is 1990. The number of amides is 4. The van der Waals surface area contributed by atoms with E-state index in [1.807, 2.05) is 55.5 Å². The number of benzene rings is 5. The fourth-order valence-corrected chi connectivity index (χ4v) is 5.33. The minimum atomic E-state index is -0.887. The minimum Gasteiger partial charge on any atom is -0.488 e. The van der Waals surface area contributed by atoms with Gasteiger partial charge in [0.25, 0.3) is 11.8 Å². The molecule has 1 aliphatic heterocycles. The SMILES string of the molecule is CCOC(=O)c1ccc(N2C(=O)NC(=O)/C(=C\c3c(OCc4c(C)ccc5ccccc45)ccc4ccccc34)C2=O)cc1. The third-order valence-electron chi connectivity index (χ3n) is 7.60. The summed E-state index contributed by atoms with van der Waals surface area (Å²) >= 11 is 0. The number of rotatable bonds is 7. The summed E-state index contributed by atoms with van der Waals surface area (Å²) < 4.78 is 11.4. The highest BCUT2D eigenvalue weighted by molar-refractivity contribution is 6.39. The number of imide groups is 2. The Morgan fingerprint density at radius 2 is 1.48 bits per heavy atom. The summed E-state index contributed by atoms with van der Waals surface area (Å²) in [7, 11) is 0. The number of nitrogens with one attached hydrogen (secondary N) is 1. The van der Waals surface area contributed by atoms with Gasteiger partial charge in [0.1, 0.15) is 17.9 Å². The predicted octanol–water partition coefficient (Wildman–Crippen LogP) is 6.72. The number of hydrogen-bond acceptors (Lipinski definition) is 6. The molecule has 0 unspecified atom stereocenters. The molecule has 0 bridgehead atoms. The molecule has 5 aromatic rings. The van der Waals surface area contributed by atoms with Crippen LogP contribution in [0.15, 0.2) is 103 Å². The second kappa shape index (κ2) is 11.9. The molecule has 1 saturated heterocycles. The topological polar surface area (TPSA) is 102 Å². The van der Waals surface area contributed by atoms with Gasteiger partial charge in [-0.1, -0.05) is 66.7 Å². The average molecular weight is 585 g/mol. The molecule has 0 atom stereocenters. The molecule has 4 amide bonds. The van der Waals surface area contributed by atoms with E-state index in [4.69, 9.17) is 9.47 Å². The first kappa shape index (κ1) is 28.4. The van der Waals surface area contributed by atoms with Crippen LogP contribution in [-0.4, -0.2) is 30.4 Å². The highest BCUT2D eigenvalue weighted by Gasteiger charge is 2.37. The Hall–Kier alpha value is -5.76. The fourth-order valence-electron chi connectivity index (χ4n) is 5.33. The molecule has 1 heterocycles. The largest absolute Gasteiger partial charge is 0.488 e. The van der Waals surface area contributed by atoms with Crippen molar-refractivity contribution in [1.29, 1.82) is 0 Å². The number of fused-ring (bicyclic) bond motifs is 2. The Morgan fingerprint density at radius 1 is 0.818 bits per heavy atom. The summed E-state index contributed by atoms with van der Waals surface area (Å²) in [5.41, 5.74) is 2.87. The van der Waals surface area contributed by atoms with Crippen molar-refractivity contribution in [1.82, 2.24) is 5.32 Å². The Balaban J connectivity index is 1.39. The molecule has 8 nitrogen and oxygen atoms in total. The Kier molecular flexibility index (Phi) is 7.64. The van der Waals surface area contributed by atoms with E-state index in [9.17, 15) is 19.2 Å². The zero-order valence-electron chi connectivity index (χ0n) is 24.1. The van der Waals surface area contributed by atoms with Crippen molar-refractivity contribution >= 4 is 57.1 Å². The highest BCUT2D eigenvalue weighted by atomic mass is 16.5. The second-order valence-corrected chi connectivity index (χ2v) is 10.3. The van der Waals surface area contributed by atoms with E-state index in [1.165, 1.54) is 30.3 Å².